The molecule has 0 aromatic carbocycles. The Morgan fingerprint density at radius 1 is 1.00 bits per heavy atom. The SMILES string of the molecule is N[C@H]1CC(=O)OC(=O)CC(=O)OC1=O. The highest BCUT2D eigenvalue weighted by molar-refractivity contribution is 6.02. The van der Waals surface area contributed by atoms with Crippen molar-refractivity contribution in [2.75, 3.05) is 0 Å². The third kappa shape index (κ3) is 2.63. The van der Waals surface area contributed by atoms with Crippen LogP contribution in [0.5, 0.6) is 0 Å². The molecule has 2 N–H and O–H groups in total. The van der Waals surface area contributed by atoms with Crippen LogP contribution in [0.15, 0.2) is 0 Å². The molecule has 14 heavy (non-hydrogen) atoms. The molecule has 1 heterocycles. The van der Waals surface area contributed by atoms with E-state index < -0.39 is 42.8 Å². The van der Waals surface area contributed by atoms with Crippen molar-refractivity contribution in [3.63, 3.8) is 0 Å². The lowest BCUT2D eigenvalue weighted by Gasteiger charge is -2.04. The van der Waals surface area contributed by atoms with Crippen molar-refractivity contribution in [3.8, 4) is 0 Å². The third-order valence-corrected chi connectivity index (χ3v) is 1.42. The van der Waals surface area contributed by atoms with Crippen LogP contribution in [-0.2, 0) is 28.7 Å². The lowest BCUT2D eigenvalue weighted by Crippen LogP contribution is -2.35. The van der Waals surface area contributed by atoms with Gasteiger partial charge in [-0.2, -0.15) is 0 Å². The number of esters is 4. The summed E-state index contributed by atoms with van der Waals surface area (Å²) in [5.74, 6) is -4.12. The molecule has 0 aromatic heterocycles. The zero-order valence-electron chi connectivity index (χ0n) is 7.02. The number of carbonyl (C=O) groups excluding carboxylic acids is 4. The number of rotatable bonds is 0. The molecule has 0 amide bonds. The van der Waals surface area contributed by atoms with E-state index >= 15 is 0 Å². The van der Waals surface area contributed by atoms with Crippen LogP contribution in [0, 0.1) is 0 Å². The number of ether oxygens (including phenoxy) is 2. The van der Waals surface area contributed by atoms with Crippen LogP contribution in [0.3, 0.4) is 0 Å². The summed E-state index contributed by atoms with van der Waals surface area (Å²) in [7, 11) is 0. The van der Waals surface area contributed by atoms with Crippen molar-refractivity contribution in [1.29, 1.82) is 0 Å². The summed E-state index contributed by atoms with van der Waals surface area (Å²) >= 11 is 0. The third-order valence-electron chi connectivity index (χ3n) is 1.42. The summed E-state index contributed by atoms with van der Waals surface area (Å²) in [6, 6.07) is -1.28. The number of nitrogens with two attached hydrogens (primary N) is 1. The average molecular weight is 201 g/mol. The van der Waals surface area contributed by atoms with E-state index in [0.717, 1.165) is 0 Å². The quantitative estimate of drug-likeness (QED) is 0.365. The summed E-state index contributed by atoms with van der Waals surface area (Å²) < 4.78 is 8.30. The minimum Gasteiger partial charge on any atom is -0.393 e. The minimum absolute atomic E-state index is 0.488. The van der Waals surface area contributed by atoms with Crippen LogP contribution in [0.4, 0.5) is 0 Å². The van der Waals surface area contributed by atoms with Gasteiger partial charge in [0.2, 0.25) is 0 Å². The van der Waals surface area contributed by atoms with Gasteiger partial charge in [-0.3, -0.25) is 14.4 Å². The zero-order chi connectivity index (χ0) is 10.7. The zero-order valence-corrected chi connectivity index (χ0v) is 7.02. The molecule has 7 nitrogen and oxygen atoms in total. The van der Waals surface area contributed by atoms with Crippen LogP contribution in [0.25, 0.3) is 0 Å². The monoisotopic (exact) mass is 201 g/mol. The summed E-state index contributed by atoms with van der Waals surface area (Å²) in [5.41, 5.74) is 5.18. The number of cyclic esters (lactones) is 4. The molecule has 76 valence electrons. The summed E-state index contributed by atoms with van der Waals surface area (Å²) in [6.07, 6.45) is -1.26. The molecule has 0 bridgehead atoms. The topological polar surface area (TPSA) is 113 Å². The highest BCUT2D eigenvalue weighted by atomic mass is 16.6. The normalized spacial score (nSPS) is 24.5. The number of hydrogen-bond donors (Lipinski definition) is 1. The molecule has 7 heteroatoms. The molecule has 1 rings (SSSR count). The molecule has 1 aliphatic rings. The molecule has 0 radical (unpaired) electrons. The van der Waals surface area contributed by atoms with E-state index in [2.05, 4.69) is 9.47 Å². The Labute approximate surface area is 78.1 Å². The Kier molecular flexibility index (Phi) is 2.92. The smallest absolute Gasteiger partial charge is 0.331 e. The van der Waals surface area contributed by atoms with Gasteiger partial charge in [0.05, 0.1) is 6.42 Å². The van der Waals surface area contributed by atoms with E-state index in [0.29, 0.717) is 0 Å². The van der Waals surface area contributed by atoms with E-state index in [1.54, 1.807) is 0 Å². The molecular formula is C7H7NO6. The second-order valence-corrected chi connectivity index (χ2v) is 2.63. The molecule has 0 saturated carbocycles. The van der Waals surface area contributed by atoms with E-state index in [4.69, 9.17) is 5.73 Å². The first-order chi connectivity index (χ1) is 6.49. The van der Waals surface area contributed by atoms with Gasteiger partial charge < -0.3 is 15.2 Å². The van der Waals surface area contributed by atoms with Gasteiger partial charge in [-0.05, 0) is 0 Å². The van der Waals surface area contributed by atoms with Crippen LogP contribution in [0.1, 0.15) is 12.8 Å². The fourth-order valence-electron chi connectivity index (χ4n) is 0.809. The molecule has 1 saturated heterocycles. The van der Waals surface area contributed by atoms with E-state index in [1.807, 2.05) is 0 Å². The fraction of sp³-hybridized carbons (Fsp3) is 0.429. The average Bonchev–Trinajstić information content (AvgIpc) is 2.03. The first-order valence-corrected chi connectivity index (χ1v) is 3.72. The maximum absolute atomic E-state index is 10.9. The lowest BCUT2D eigenvalue weighted by atomic mass is 10.2. The minimum atomic E-state index is -1.28. The van der Waals surface area contributed by atoms with Crippen molar-refractivity contribution in [2.45, 2.75) is 18.9 Å². The van der Waals surface area contributed by atoms with Gasteiger partial charge in [0.1, 0.15) is 12.5 Å². The van der Waals surface area contributed by atoms with Gasteiger partial charge in [0.25, 0.3) is 0 Å². The van der Waals surface area contributed by atoms with E-state index in [9.17, 15) is 19.2 Å². The molecule has 1 fully saturated rings. The second-order valence-electron chi connectivity index (χ2n) is 2.63. The molecule has 1 atom stereocenters. The fourth-order valence-corrected chi connectivity index (χ4v) is 0.809. The first-order valence-electron chi connectivity index (χ1n) is 3.72. The maximum Gasteiger partial charge on any atom is 0.331 e. The molecule has 1 aliphatic heterocycles. The molecule has 0 spiro atoms. The molecule has 0 aromatic rings. The van der Waals surface area contributed by atoms with Gasteiger partial charge in [-0.15, -0.1) is 0 Å². The van der Waals surface area contributed by atoms with Crippen LogP contribution in [-0.4, -0.2) is 29.9 Å². The predicted octanol–water partition coefficient (Wildman–Crippen LogP) is -1.75. The summed E-state index contributed by atoms with van der Waals surface area (Å²) in [6.45, 7) is 0. The Hall–Kier alpha value is -1.76. The number of hydrogen-bond acceptors (Lipinski definition) is 7. The number of carbonyl (C=O) groups is 4. The second kappa shape index (κ2) is 3.97. The van der Waals surface area contributed by atoms with Crippen LogP contribution < -0.4 is 5.73 Å². The first kappa shape index (κ1) is 10.3. The van der Waals surface area contributed by atoms with Gasteiger partial charge in [-0.25, -0.2) is 4.79 Å². The Bertz CT molecular complexity index is 309. The molecule has 0 aliphatic carbocycles. The standard InChI is InChI=1S/C7H7NO6/c8-3-1-4(9)13-5(10)2-6(11)14-7(3)12/h3H,1-2,8H2/t3-/m0/s1. The maximum atomic E-state index is 10.9. The van der Waals surface area contributed by atoms with Gasteiger partial charge >= 0.3 is 23.9 Å². The highest BCUT2D eigenvalue weighted by Gasteiger charge is 2.28. The van der Waals surface area contributed by atoms with Gasteiger partial charge in [0, 0.05) is 0 Å². The van der Waals surface area contributed by atoms with Crippen molar-refractivity contribution in [1.82, 2.24) is 0 Å². The van der Waals surface area contributed by atoms with Crippen molar-refractivity contribution >= 4 is 23.9 Å². The molecule has 0 unspecified atom stereocenters. The van der Waals surface area contributed by atoms with Crippen LogP contribution >= 0.6 is 0 Å². The Balaban J connectivity index is 2.79. The largest absolute Gasteiger partial charge is 0.393 e. The van der Waals surface area contributed by atoms with E-state index in [-0.39, 0.29) is 0 Å². The summed E-state index contributed by atoms with van der Waals surface area (Å²) in [4.78, 5) is 43.2. The molecular weight excluding hydrogens is 194 g/mol. The van der Waals surface area contributed by atoms with Crippen LogP contribution in [0.2, 0.25) is 0 Å². The lowest BCUT2D eigenvalue weighted by molar-refractivity contribution is -0.162. The van der Waals surface area contributed by atoms with Gasteiger partial charge in [0.15, 0.2) is 0 Å². The predicted molar refractivity (Wildman–Crippen MR) is 39.4 cm³/mol. The van der Waals surface area contributed by atoms with Crippen molar-refractivity contribution in [2.24, 2.45) is 5.73 Å². The van der Waals surface area contributed by atoms with Crippen molar-refractivity contribution in [3.05, 3.63) is 0 Å². The van der Waals surface area contributed by atoms with Crippen molar-refractivity contribution < 1.29 is 28.7 Å². The summed E-state index contributed by atoms with van der Waals surface area (Å²) in [5, 5.41) is 0. The highest BCUT2D eigenvalue weighted by Crippen LogP contribution is 2.02. The van der Waals surface area contributed by atoms with Gasteiger partial charge in [-0.1, -0.05) is 0 Å². The van der Waals surface area contributed by atoms with E-state index in [1.165, 1.54) is 0 Å². The Morgan fingerprint density at radius 3 is 2.21 bits per heavy atom. The Morgan fingerprint density at radius 2 is 1.57 bits per heavy atom.